The second kappa shape index (κ2) is 15.9. The van der Waals surface area contributed by atoms with Crippen LogP contribution in [0.3, 0.4) is 0 Å². The maximum Gasteiger partial charge on any atom is 0.123 e. The molecule has 8 rings (SSSR count). The summed E-state index contributed by atoms with van der Waals surface area (Å²) < 4.78 is 144. The Hall–Kier alpha value is -4.37. The van der Waals surface area contributed by atoms with Crippen molar-refractivity contribution in [3.05, 3.63) is 142 Å². The molecule has 4 heteroatoms. The summed E-state index contributed by atoms with van der Waals surface area (Å²) in [7, 11) is 0. The van der Waals surface area contributed by atoms with Crippen LogP contribution in [0.4, 0.5) is 0 Å². The van der Waals surface area contributed by atoms with Crippen molar-refractivity contribution in [3.8, 4) is 33.6 Å². The van der Waals surface area contributed by atoms with Gasteiger partial charge >= 0.3 is 0 Å². The predicted molar refractivity (Wildman–Crippen MR) is 218 cm³/mol. The molecule has 1 fully saturated rings. The van der Waals surface area contributed by atoms with E-state index in [2.05, 4.69) is 42.9 Å². The van der Waals surface area contributed by atoms with E-state index in [0.29, 0.717) is 23.8 Å². The molecule has 1 aliphatic carbocycles. The molecule has 1 saturated carbocycles. The zero-order valence-corrected chi connectivity index (χ0v) is 32.1. The molecule has 0 atom stereocenters. The molecule has 3 nitrogen and oxygen atoms in total. The Bertz CT molecular complexity index is 2930. The largest absolute Gasteiger partial charge is 0.500 e. The Morgan fingerprint density at radius 3 is 2.25 bits per heavy atom. The molecule has 4 aromatic carbocycles. The molecule has 3 aromatic heterocycles. The molecular formula is C49H50IrN2O-2. The van der Waals surface area contributed by atoms with Crippen LogP contribution in [0, 0.1) is 52.3 Å². The first-order chi connectivity index (χ1) is 31.8. The predicted octanol–water partition coefficient (Wildman–Crippen LogP) is 13.2. The number of benzene rings is 4. The quantitative estimate of drug-likeness (QED) is 0.162. The number of aryl methyl sites for hydroxylation is 5. The fourth-order valence-corrected chi connectivity index (χ4v) is 6.60. The molecule has 1 aliphatic rings. The summed E-state index contributed by atoms with van der Waals surface area (Å²) in [4.78, 5) is 8.83. The molecule has 0 spiro atoms. The number of hydrogen-bond acceptors (Lipinski definition) is 3. The third-order valence-corrected chi connectivity index (χ3v) is 9.45. The zero-order valence-electron chi connectivity index (χ0n) is 46.7. The Morgan fingerprint density at radius 2 is 1.55 bits per heavy atom. The third-order valence-electron chi connectivity index (χ3n) is 9.45. The van der Waals surface area contributed by atoms with Gasteiger partial charge in [0.15, 0.2) is 0 Å². The van der Waals surface area contributed by atoms with Crippen molar-refractivity contribution in [1.29, 1.82) is 0 Å². The van der Waals surface area contributed by atoms with Gasteiger partial charge in [-0.25, -0.2) is 0 Å². The van der Waals surface area contributed by atoms with E-state index in [1.165, 1.54) is 48.0 Å². The van der Waals surface area contributed by atoms with E-state index in [1.54, 1.807) is 18.2 Å². The van der Waals surface area contributed by atoms with Crippen LogP contribution in [0.2, 0.25) is 0 Å². The van der Waals surface area contributed by atoms with Gasteiger partial charge in [0.2, 0.25) is 0 Å². The van der Waals surface area contributed by atoms with Crippen LogP contribution in [-0.2, 0) is 31.9 Å². The Balaban J connectivity index is 0.000000321. The topological polar surface area (TPSA) is 38.9 Å². The van der Waals surface area contributed by atoms with E-state index in [9.17, 15) is 0 Å². The van der Waals surface area contributed by atoms with Gasteiger partial charge in [-0.15, -0.1) is 53.6 Å². The molecule has 1 radical (unpaired) electrons. The molecule has 0 aliphatic heterocycles. The molecular weight excluding hydrogens is 825 g/mol. The van der Waals surface area contributed by atoms with Crippen LogP contribution in [0.1, 0.15) is 109 Å². The van der Waals surface area contributed by atoms with Gasteiger partial charge in [-0.1, -0.05) is 112 Å². The van der Waals surface area contributed by atoms with Crippen LogP contribution < -0.4 is 0 Å². The van der Waals surface area contributed by atoms with Gasteiger partial charge < -0.3 is 14.4 Å². The van der Waals surface area contributed by atoms with Crippen molar-refractivity contribution in [2.24, 2.45) is 5.92 Å². The van der Waals surface area contributed by atoms with E-state index in [4.69, 9.17) is 27.7 Å². The summed E-state index contributed by atoms with van der Waals surface area (Å²) in [5.74, 6) is -0.269. The Kier molecular flexibility index (Phi) is 6.65. The average molecular weight is 892 g/mol. The standard InChI is InChI=1S/C33H32NO.C16H18N.Ir/c1-20-14-22(3)32-30(15-20)27-10-7-11-28(33(27)35-32)31-18-29(23(4)19-34-31)26-13-12-25(16-21(26)2)17-24-8-5-6-9-24;1-12-5-7-13(8-6-12)15-10-9-14(11-17-15)16(2,3)4;/h7,10,12-16,18-19,24H,5-6,8-9,17H2,1-4H3;5-7,9-11H,1-4H3;/q2*-1;/i1D3,2D3,3D3,4D3,17D2;1D3;. The van der Waals surface area contributed by atoms with Gasteiger partial charge in [-0.3, -0.25) is 0 Å². The van der Waals surface area contributed by atoms with Crippen LogP contribution >= 0.6 is 0 Å². The summed E-state index contributed by atoms with van der Waals surface area (Å²) >= 11 is 0. The molecule has 0 amide bonds. The van der Waals surface area contributed by atoms with Crippen molar-refractivity contribution in [3.63, 3.8) is 0 Å². The van der Waals surface area contributed by atoms with Crippen molar-refractivity contribution in [2.45, 2.75) is 92.5 Å². The summed E-state index contributed by atoms with van der Waals surface area (Å²) in [6.45, 7) is -6.42. The van der Waals surface area contributed by atoms with E-state index >= 15 is 0 Å². The van der Waals surface area contributed by atoms with Gasteiger partial charge in [-0.2, -0.15) is 0 Å². The fourth-order valence-electron chi connectivity index (χ4n) is 6.60. The number of hydrogen-bond donors (Lipinski definition) is 0. The fraction of sp³-hybridized carbons (Fsp3) is 0.306. The summed E-state index contributed by atoms with van der Waals surface area (Å²) in [6.07, 6.45) is 4.36. The van der Waals surface area contributed by atoms with Crippen molar-refractivity contribution >= 4 is 21.9 Å². The zero-order chi connectivity index (χ0) is 50.9. The molecule has 0 bridgehead atoms. The molecule has 53 heavy (non-hydrogen) atoms. The molecule has 3 heterocycles. The SMILES string of the molecule is [2H]C([2H])([2H])c1c[c-]c(-c2ccc(C(C)(C)C)cn2)cc1.[2H]C([2H])([2H])c1cc(C([2H])([2H])[2H])c2oc3c(-c4cc(-c5ccc(C([2H])([2H])C6CCCC6)cc5C([2H])([2H])[2H])c(C([2H])([2H])[2H])cn4)[c-]ccc3c2c1.[Ir]. The number of rotatable bonds is 5. The number of aromatic nitrogens is 2. The van der Waals surface area contributed by atoms with Crippen LogP contribution in [-0.4, -0.2) is 9.97 Å². The number of nitrogens with zero attached hydrogens (tertiary/aromatic N) is 2. The second-order valence-corrected chi connectivity index (χ2v) is 14.3. The minimum Gasteiger partial charge on any atom is -0.500 e. The van der Waals surface area contributed by atoms with Crippen molar-refractivity contribution in [2.75, 3.05) is 0 Å². The van der Waals surface area contributed by atoms with E-state index in [0.717, 1.165) is 36.4 Å². The van der Waals surface area contributed by atoms with Gasteiger partial charge in [0.25, 0.3) is 0 Å². The minimum atomic E-state index is -2.73. The van der Waals surface area contributed by atoms with Gasteiger partial charge in [-0.05, 0) is 102 Å². The van der Waals surface area contributed by atoms with E-state index in [-0.39, 0.29) is 98.2 Å². The molecule has 273 valence electrons. The Morgan fingerprint density at radius 1 is 0.736 bits per heavy atom. The van der Waals surface area contributed by atoms with Crippen molar-refractivity contribution in [1.82, 2.24) is 9.97 Å². The Labute approximate surface area is 353 Å². The molecule has 7 aromatic rings. The normalized spacial score (nSPS) is 19.4. The van der Waals surface area contributed by atoms with Gasteiger partial charge in [0.05, 0.1) is 5.58 Å². The van der Waals surface area contributed by atoms with Crippen molar-refractivity contribution < 1.29 is 47.8 Å². The van der Waals surface area contributed by atoms with Crippen LogP contribution in [0.15, 0.2) is 95.7 Å². The van der Waals surface area contributed by atoms with Gasteiger partial charge in [0, 0.05) is 61.2 Å². The maximum atomic E-state index is 8.85. The van der Waals surface area contributed by atoms with Crippen LogP contribution in [0.25, 0.3) is 55.6 Å². The van der Waals surface area contributed by atoms with Gasteiger partial charge in [0.1, 0.15) is 5.58 Å². The first kappa shape index (κ1) is 22.1. The number of pyridine rings is 2. The summed E-state index contributed by atoms with van der Waals surface area (Å²) in [6, 6.07) is 26.1. The smallest absolute Gasteiger partial charge is 0.123 e. The summed E-state index contributed by atoms with van der Waals surface area (Å²) in [5.41, 5.74) is 3.00. The molecule has 0 saturated heterocycles. The number of fused-ring (bicyclic) bond motifs is 3. The average Bonchev–Trinajstić information content (AvgIpc) is 3.94. The molecule has 0 unspecified atom stereocenters. The van der Waals surface area contributed by atoms with Crippen LogP contribution in [0.5, 0.6) is 0 Å². The second-order valence-electron chi connectivity index (χ2n) is 14.3. The summed E-state index contributed by atoms with van der Waals surface area (Å²) in [5, 5.41) is 0.631. The van der Waals surface area contributed by atoms with E-state index < -0.39 is 40.6 Å². The maximum absolute atomic E-state index is 8.85. The monoisotopic (exact) mass is 892 g/mol. The first-order valence-corrected chi connectivity index (χ1v) is 17.3. The first-order valence-electron chi connectivity index (χ1n) is 25.8. The number of furan rings is 1. The third kappa shape index (κ3) is 8.40. The molecule has 0 N–H and O–H groups in total. The van der Waals surface area contributed by atoms with E-state index in [1.807, 2.05) is 18.3 Å². The minimum absolute atomic E-state index is 0.